The van der Waals surface area contributed by atoms with E-state index < -0.39 is 0 Å². The minimum absolute atomic E-state index is 0.0616. The lowest BCUT2D eigenvalue weighted by Crippen LogP contribution is -2.33. The fourth-order valence-electron chi connectivity index (χ4n) is 0.979. The first kappa shape index (κ1) is 13.4. The first-order valence-electron chi connectivity index (χ1n) is 5.23. The van der Waals surface area contributed by atoms with E-state index in [4.69, 9.17) is 0 Å². The molecular formula is C10H17N3OS2. The fourth-order valence-corrected chi connectivity index (χ4v) is 2.96. The molecule has 0 saturated carbocycles. The van der Waals surface area contributed by atoms with Crippen LogP contribution in [0.1, 0.15) is 25.8 Å². The summed E-state index contributed by atoms with van der Waals surface area (Å²) in [5, 5.41) is 11.6. The lowest BCUT2D eigenvalue weighted by Gasteiger charge is -2.11. The van der Waals surface area contributed by atoms with Crippen molar-refractivity contribution in [3.05, 3.63) is 5.01 Å². The molecule has 0 unspecified atom stereocenters. The summed E-state index contributed by atoms with van der Waals surface area (Å²) >= 11 is 2.98. The molecule has 1 amide bonds. The summed E-state index contributed by atoms with van der Waals surface area (Å²) < 4.78 is 0.852. The second-order valence-corrected chi connectivity index (χ2v) is 6.76. The van der Waals surface area contributed by atoms with Crippen molar-refractivity contribution in [3.63, 3.8) is 0 Å². The summed E-state index contributed by atoms with van der Waals surface area (Å²) in [6.45, 7) is 8.67. The van der Waals surface area contributed by atoms with Crippen LogP contribution in [0.3, 0.4) is 0 Å². The first-order chi connectivity index (χ1) is 7.49. The van der Waals surface area contributed by atoms with E-state index in [-0.39, 0.29) is 11.2 Å². The van der Waals surface area contributed by atoms with E-state index in [1.807, 2.05) is 13.8 Å². The van der Waals surface area contributed by atoms with Gasteiger partial charge in [-0.15, -0.1) is 10.2 Å². The number of amides is 1. The summed E-state index contributed by atoms with van der Waals surface area (Å²) in [6, 6.07) is 0. The molecule has 1 aromatic heterocycles. The van der Waals surface area contributed by atoms with Crippen molar-refractivity contribution in [2.45, 2.75) is 37.3 Å². The molecule has 0 saturated heterocycles. The maximum Gasteiger partial charge on any atom is 0.233 e. The largest absolute Gasteiger partial charge is 0.355 e. The Kier molecular flexibility index (Phi) is 5.21. The molecule has 6 heteroatoms. The van der Waals surface area contributed by atoms with Gasteiger partial charge in [-0.3, -0.25) is 4.79 Å². The van der Waals surface area contributed by atoms with Gasteiger partial charge in [-0.25, -0.2) is 0 Å². The predicted octanol–water partition coefficient (Wildman–Crippen LogP) is 2.10. The van der Waals surface area contributed by atoms with E-state index in [1.54, 1.807) is 0 Å². The average Bonchev–Trinajstić information content (AvgIpc) is 2.60. The number of thioether (sulfide) groups is 1. The van der Waals surface area contributed by atoms with Gasteiger partial charge in [-0.1, -0.05) is 36.9 Å². The van der Waals surface area contributed by atoms with Gasteiger partial charge in [0.2, 0.25) is 5.91 Å². The number of carbonyl (C=O) groups excluding carboxylic acids is 1. The number of aromatic nitrogens is 2. The average molecular weight is 259 g/mol. The lowest BCUT2D eigenvalue weighted by atomic mass is 10.2. The second kappa shape index (κ2) is 6.20. The minimum Gasteiger partial charge on any atom is -0.355 e. The zero-order valence-electron chi connectivity index (χ0n) is 9.98. The van der Waals surface area contributed by atoms with Crippen LogP contribution in [0.5, 0.6) is 0 Å². The summed E-state index contributed by atoms with van der Waals surface area (Å²) in [4.78, 5) is 11.7. The third-order valence-electron chi connectivity index (χ3n) is 1.84. The van der Waals surface area contributed by atoms with Gasteiger partial charge in [0.1, 0.15) is 5.01 Å². The SMILES string of the molecule is Cc1nnc(S[C@@H](C)C(=O)NCC(C)C)s1. The Morgan fingerprint density at radius 1 is 1.44 bits per heavy atom. The molecule has 4 nitrogen and oxygen atoms in total. The second-order valence-electron chi connectivity index (χ2n) is 3.99. The van der Waals surface area contributed by atoms with Crippen molar-refractivity contribution in [2.24, 2.45) is 5.92 Å². The number of nitrogens with one attached hydrogen (secondary N) is 1. The van der Waals surface area contributed by atoms with Crippen LogP contribution in [0.25, 0.3) is 0 Å². The normalized spacial score (nSPS) is 12.8. The summed E-state index contributed by atoms with van der Waals surface area (Å²) in [7, 11) is 0. The van der Waals surface area contributed by atoms with Gasteiger partial charge in [0.05, 0.1) is 5.25 Å². The Hall–Kier alpha value is -0.620. The first-order valence-corrected chi connectivity index (χ1v) is 6.93. The van der Waals surface area contributed by atoms with Gasteiger partial charge in [0.25, 0.3) is 0 Å². The topological polar surface area (TPSA) is 54.9 Å². The molecule has 0 radical (unpaired) electrons. The Labute approximate surface area is 104 Å². The highest BCUT2D eigenvalue weighted by molar-refractivity contribution is 8.02. The molecule has 0 fully saturated rings. The highest BCUT2D eigenvalue weighted by Gasteiger charge is 2.16. The highest BCUT2D eigenvalue weighted by atomic mass is 32.2. The van der Waals surface area contributed by atoms with E-state index in [9.17, 15) is 4.79 Å². The van der Waals surface area contributed by atoms with E-state index in [0.29, 0.717) is 5.92 Å². The molecule has 0 aliphatic heterocycles. The third-order valence-corrected chi connectivity index (χ3v) is 3.86. The van der Waals surface area contributed by atoms with Crippen molar-refractivity contribution in [1.82, 2.24) is 15.5 Å². The Morgan fingerprint density at radius 2 is 2.12 bits per heavy atom. The lowest BCUT2D eigenvalue weighted by molar-refractivity contribution is -0.120. The van der Waals surface area contributed by atoms with Crippen LogP contribution >= 0.6 is 23.1 Å². The maximum absolute atomic E-state index is 11.7. The number of nitrogens with zero attached hydrogens (tertiary/aromatic N) is 2. The van der Waals surface area contributed by atoms with E-state index in [1.165, 1.54) is 23.1 Å². The van der Waals surface area contributed by atoms with Gasteiger partial charge in [-0.05, 0) is 19.8 Å². The van der Waals surface area contributed by atoms with Crippen molar-refractivity contribution in [1.29, 1.82) is 0 Å². The Balaban J connectivity index is 2.39. The molecule has 0 spiro atoms. The van der Waals surface area contributed by atoms with Crippen LogP contribution in [0.15, 0.2) is 4.34 Å². The van der Waals surface area contributed by atoms with E-state index in [0.717, 1.165) is 15.9 Å². The molecular weight excluding hydrogens is 242 g/mol. The third kappa shape index (κ3) is 4.49. The molecule has 0 aliphatic carbocycles. The van der Waals surface area contributed by atoms with Crippen molar-refractivity contribution < 1.29 is 4.79 Å². The number of carbonyl (C=O) groups is 1. The summed E-state index contributed by atoms with van der Waals surface area (Å²) in [6.07, 6.45) is 0. The fraction of sp³-hybridized carbons (Fsp3) is 0.700. The quantitative estimate of drug-likeness (QED) is 0.823. The minimum atomic E-state index is -0.119. The monoisotopic (exact) mass is 259 g/mol. The van der Waals surface area contributed by atoms with Gasteiger partial charge in [0.15, 0.2) is 4.34 Å². The van der Waals surface area contributed by atoms with E-state index in [2.05, 4.69) is 29.4 Å². The van der Waals surface area contributed by atoms with Gasteiger partial charge in [-0.2, -0.15) is 0 Å². The molecule has 1 aromatic rings. The summed E-state index contributed by atoms with van der Waals surface area (Å²) in [5.74, 6) is 0.538. The van der Waals surface area contributed by atoms with Crippen LogP contribution < -0.4 is 5.32 Å². The predicted molar refractivity (Wildman–Crippen MR) is 67.8 cm³/mol. The standard InChI is InChI=1S/C10H17N3OS2/c1-6(2)5-11-9(14)7(3)15-10-13-12-8(4)16-10/h6-7H,5H2,1-4H3,(H,11,14)/t7-/m0/s1. The van der Waals surface area contributed by atoms with E-state index >= 15 is 0 Å². The van der Waals surface area contributed by atoms with Gasteiger partial charge >= 0.3 is 0 Å². The molecule has 0 aromatic carbocycles. The molecule has 1 atom stereocenters. The van der Waals surface area contributed by atoms with Crippen LogP contribution in [0, 0.1) is 12.8 Å². The number of hydrogen-bond acceptors (Lipinski definition) is 5. The molecule has 1 rings (SSSR count). The van der Waals surface area contributed by atoms with Crippen molar-refractivity contribution in [2.75, 3.05) is 6.54 Å². The molecule has 16 heavy (non-hydrogen) atoms. The smallest absolute Gasteiger partial charge is 0.233 e. The van der Waals surface area contributed by atoms with Crippen molar-refractivity contribution in [3.8, 4) is 0 Å². The van der Waals surface area contributed by atoms with Gasteiger partial charge in [0, 0.05) is 6.54 Å². The molecule has 0 aliphatic rings. The molecule has 1 N–H and O–H groups in total. The van der Waals surface area contributed by atoms with Crippen molar-refractivity contribution >= 4 is 29.0 Å². The summed E-state index contributed by atoms with van der Waals surface area (Å²) in [5.41, 5.74) is 0. The Morgan fingerprint density at radius 3 is 2.62 bits per heavy atom. The number of rotatable bonds is 5. The number of hydrogen-bond donors (Lipinski definition) is 1. The van der Waals surface area contributed by atoms with Crippen LogP contribution in [0.4, 0.5) is 0 Å². The molecule has 90 valence electrons. The molecule has 1 heterocycles. The highest BCUT2D eigenvalue weighted by Crippen LogP contribution is 2.26. The van der Waals surface area contributed by atoms with Crippen LogP contribution in [-0.2, 0) is 4.79 Å². The number of aryl methyl sites for hydroxylation is 1. The maximum atomic E-state index is 11.7. The zero-order valence-corrected chi connectivity index (χ0v) is 11.6. The van der Waals surface area contributed by atoms with Gasteiger partial charge < -0.3 is 5.32 Å². The Bertz CT molecular complexity index is 352. The zero-order chi connectivity index (χ0) is 12.1. The van der Waals surface area contributed by atoms with Crippen LogP contribution in [0.2, 0.25) is 0 Å². The van der Waals surface area contributed by atoms with Crippen LogP contribution in [-0.4, -0.2) is 27.9 Å². The molecule has 0 bridgehead atoms.